The van der Waals surface area contributed by atoms with E-state index in [0.29, 0.717) is 24.8 Å². The molecule has 1 saturated heterocycles. The molecule has 1 fully saturated rings. The number of amides is 1. The number of thiophene rings is 1. The van der Waals surface area contributed by atoms with Gasteiger partial charge in [0.1, 0.15) is 5.82 Å². The van der Waals surface area contributed by atoms with Crippen LogP contribution in [0.25, 0.3) is 10.7 Å². The molecular formula is C23H27FN4O2S2. The molecule has 1 N–H and O–H groups in total. The molecule has 170 valence electrons. The Morgan fingerprint density at radius 1 is 1.25 bits per heavy atom. The van der Waals surface area contributed by atoms with Crippen molar-refractivity contribution in [3.8, 4) is 10.7 Å². The third-order valence-electron chi connectivity index (χ3n) is 5.47. The summed E-state index contributed by atoms with van der Waals surface area (Å²) in [4.78, 5) is 20.2. The summed E-state index contributed by atoms with van der Waals surface area (Å²) < 4.78 is 18.3. The second-order valence-electron chi connectivity index (χ2n) is 7.86. The highest BCUT2D eigenvalue weighted by Crippen LogP contribution is 2.23. The Hall–Kier alpha value is -2.23. The summed E-state index contributed by atoms with van der Waals surface area (Å²) in [5, 5.41) is 9.14. The van der Waals surface area contributed by atoms with Gasteiger partial charge in [-0.1, -0.05) is 23.4 Å². The van der Waals surface area contributed by atoms with E-state index in [4.69, 9.17) is 4.52 Å². The Kier molecular flexibility index (Phi) is 8.30. The summed E-state index contributed by atoms with van der Waals surface area (Å²) in [5.74, 6) is 3.11. The zero-order valence-corrected chi connectivity index (χ0v) is 19.5. The topological polar surface area (TPSA) is 71.3 Å². The van der Waals surface area contributed by atoms with E-state index in [0.717, 1.165) is 54.3 Å². The Morgan fingerprint density at radius 2 is 2.06 bits per heavy atom. The second-order valence-corrected chi connectivity index (χ2v) is 9.92. The van der Waals surface area contributed by atoms with Gasteiger partial charge in [0.25, 0.3) is 0 Å². The maximum Gasteiger partial charge on any atom is 0.241 e. The first-order chi connectivity index (χ1) is 15.7. The standard InChI is InChI=1S/C23H27FN4O2S2/c24-19-6-4-17(5-7-19)16-31-13-2-10-25-23(29)18-8-11-28(12-9-18)15-21-26-22(27-30-21)20-3-1-14-32-20/h1,3-7,14,18H,2,8-13,15-16H2,(H,25,29). The number of carbonyl (C=O) groups excluding carboxylic acids is 1. The first kappa shape index (κ1) is 22.9. The minimum Gasteiger partial charge on any atom is -0.356 e. The molecule has 0 saturated carbocycles. The fraction of sp³-hybridized carbons (Fsp3) is 0.435. The number of nitrogens with zero attached hydrogens (tertiary/aromatic N) is 3. The second kappa shape index (κ2) is 11.6. The number of aromatic nitrogens is 2. The lowest BCUT2D eigenvalue weighted by Crippen LogP contribution is -2.40. The molecule has 0 unspecified atom stereocenters. The van der Waals surface area contributed by atoms with Gasteiger partial charge in [-0.3, -0.25) is 9.69 Å². The van der Waals surface area contributed by atoms with Crippen LogP contribution >= 0.6 is 23.1 Å². The van der Waals surface area contributed by atoms with Crippen LogP contribution in [0.5, 0.6) is 0 Å². The number of halogens is 1. The number of hydrogen-bond donors (Lipinski definition) is 1. The van der Waals surface area contributed by atoms with E-state index in [-0.39, 0.29) is 17.6 Å². The first-order valence-electron chi connectivity index (χ1n) is 10.9. The van der Waals surface area contributed by atoms with Gasteiger partial charge < -0.3 is 9.84 Å². The number of likely N-dealkylation sites (tertiary alicyclic amines) is 1. The highest BCUT2D eigenvalue weighted by Gasteiger charge is 2.25. The predicted octanol–water partition coefficient (Wildman–Crippen LogP) is 4.59. The number of piperidine rings is 1. The van der Waals surface area contributed by atoms with Crippen molar-refractivity contribution in [2.75, 3.05) is 25.4 Å². The maximum atomic E-state index is 12.9. The van der Waals surface area contributed by atoms with Crippen LogP contribution in [0.1, 0.15) is 30.7 Å². The molecule has 6 nitrogen and oxygen atoms in total. The normalized spacial score (nSPS) is 15.2. The molecule has 0 bridgehead atoms. The molecule has 1 amide bonds. The molecule has 1 aliphatic rings. The summed E-state index contributed by atoms with van der Waals surface area (Å²) in [7, 11) is 0. The van der Waals surface area contributed by atoms with Crippen LogP contribution in [0, 0.1) is 11.7 Å². The largest absolute Gasteiger partial charge is 0.356 e. The summed E-state index contributed by atoms with van der Waals surface area (Å²) in [6.07, 6.45) is 2.62. The van der Waals surface area contributed by atoms with Gasteiger partial charge in [-0.25, -0.2) is 4.39 Å². The summed E-state index contributed by atoms with van der Waals surface area (Å²) >= 11 is 3.39. The number of carbonyl (C=O) groups is 1. The Bertz CT molecular complexity index is 970. The van der Waals surface area contributed by atoms with Gasteiger partial charge in [-0.05, 0) is 67.2 Å². The van der Waals surface area contributed by atoms with Crippen molar-refractivity contribution in [1.82, 2.24) is 20.4 Å². The van der Waals surface area contributed by atoms with Crippen molar-refractivity contribution in [3.05, 3.63) is 59.0 Å². The lowest BCUT2D eigenvalue weighted by atomic mass is 9.96. The summed E-state index contributed by atoms with van der Waals surface area (Å²) in [6.45, 7) is 3.02. The molecule has 0 atom stereocenters. The van der Waals surface area contributed by atoms with Gasteiger partial charge in [0.05, 0.1) is 11.4 Å². The van der Waals surface area contributed by atoms with Crippen LogP contribution in [0.4, 0.5) is 4.39 Å². The lowest BCUT2D eigenvalue weighted by molar-refractivity contribution is -0.126. The quantitative estimate of drug-likeness (QED) is 0.434. The maximum absolute atomic E-state index is 12.9. The molecule has 9 heteroatoms. The van der Waals surface area contributed by atoms with Crippen LogP contribution in [0.15, 0.2) is 46.3 Å². The van der Waals surface area contributed by atoms with E-state index in [2.05, 4.69) is 20.4 Å². The van der Waals surface area contributed by atoms with Crippen LogP contribution in [0.2, 0.25) is 0 Å². The zero-order valence-electron chi connectivity index (χ0n) is 17.8. The molecule has 1 aliphatic heterocycles. The van der Waals surface area contributed by atoms with E-state index in [1.165, 1.54) is 12.1 Å². The fourth-order valence-corrected chi connectivity index (χ4v) is 5.24. The minimum atomic E-state index is -0.203. The molecule has 1 aromatic carbocycles. The number of nitrogens with one attached hydrogen (secondary N) is 1. The molecule has 2 aromatic heterocycles. The van der Waals surface area contributed by atoms with Crippen molar-refractivity contribution in [1.29, 1.82) is 0 Å². The third kappa shape index (κ3) is 6.63. The average molecular weight is 475 g/mol. The molecular weight excluding hydrogens is 447 g/mol. The van der Waals surface area contributed by atoms with Crippen molar-refractivity contribution >= 4 is 29.0 Å². The van der Waals surface area contributed by atoms with Crippen molar-refractivity contribution in [2.45, 2.75) is 31.6 Å². The third-order valence-corrected chi connectivity index (χ3v) is 7.45. The van der Waals surface area contributed by atoms with Gasteiger partial charge in [0.2, 0.25) is 17.6 Å². The van der Waals surface area contributed by atoms with Crippen molar-refractivity contribution < 1.29 is 13.7 Å². The van der Waals surface area contributed by atoms with Gasteiger partial charge in [0.15, 0.2) is 0 Å². The van der Waals surface area contributed by atoms with Crippen molar-refractivity contribution in [3.63, 3.8) is 0 Å². The monoisotopic (exact) mass is 474 g/mol. The Morgan fingerprint density at radius 3 is 2.81 bits per heavy atom. The molecule has 4 rings (SSSR count). The summed E-state index contributed by atoms with van der Waals surface area (Å²) in [6, 6.07) is 10.6. The van der Waals surface area contributed by atoms with E-state index in [9.17, 15) is 9.18 Å². The van der Waals surface area contributed by atoms with Gasteiger partial charge in [-0.15, -0.1) is 11.3 Å². The SMILES string of the molecule is O=C(NCCCSCc1ccc(F)cc1)C1CCN(Cc2nc(-c3cccs3)no2)CC1. The van der Waals surface area contributed by atoms with Crippen LogP contribution < -0.4 is 5.32 Å². The highest BCUT2D eigenvalue weighted by molar-refractivity contribution is 7.98. The van der Waals surface area contributed by atoms with E-state index in [1.54, 1.807) is 23.1 Å². The first-order valence-corrected chi connectivity index (χ1v) is 12.9. The van der Waals surface area contributed by atoms with E-state index >= 15 is 0 Å². The molecule has 0 spiro atoms. The van der Waals surface area contributed by atoms with Gasteiger partial charge in [-0.2, -0.15) is 16.7 Å². The smallest absolute Gasteiger partial charge is 0.241 e. The number of rotatable bonds is 10. The summed E-state index contributed by atoms with van der Waals surface area (Å²) in [5.41, 5.74) is 1.12. The number of hydrogen-bond acceptors (Lipinski definition) is 7. The van der Waals surface area contributed by atoms with E-state index < -0.39 is 0 Å². The molecule has 32 heavy (non-hydrogen) atoms. The van der Waals surface area contributed by atoms with Crippen molar-refractivity contribution in [2.24, 2.45) is 5.92 Å². The van der Waals surface area contributed by atoms with Crippen LogP contribution in [-0.4, -0.2) is 46.3 Å². The number of benzene rings is 1. The van der Waals surface area contributed by atoms with Crippen LogP contribution in [0.3, 0.4) is 0 Å². The molecule has 3 heterocycles. The lowest BCUT2D eigenvalue weighted by Gasteiger charge is -2.30. The molecule has 0 aliphatic carbocycles. The predicted molar refractivity (Wildman–Crippen MR) is 126 cm³/mol. The Labute approximate surface area is 195 Å². The molecule has 0 radical (unpaired) electrons. The zero-order chi connectivity index (χ0) is 22.2. The van der Waals surface area contributed by atoms with Crippen LogP contribution in [-0.2, 0) is 17.1 Å². The van der Waals surface area contributed by atoms with E-state index in [1.807, 2.05) is 29.6 Å². The van der Waals surface area contributed by atoms with Gasteiger partial charge in [0, 0.05) is 18.2 Å². The fourth-order valence-electron chi connectivity index (χ4n) is 3.67. The molecule has 3 aromatic rings. The average Bonchev–Trinajstić information content (AvgIpc) is 3.50. The minimum absolute atomic E-state index is 0.0717. The van der Waals surface area contributed by atoms with Gasteiger partial charge >= 0.3 is 0 Å². The highest BCUT2D eigenvalue weighted by atomic mass is 32.2. The Balaban J connectivity index is 1.09. The number of thioether (sulfide) groups is 1.